The summed E-state index contributed by atoms with van der Waals surface area (Å²) in [5.74, 6) is 0. The van der Waals surface area contributed by atoms with Gasteiger partial charge in [-0.15, -0.1) is 0 Å². The Morgan fingerprint density at radius 3 is 1.41 bits per heavy atom. The van der Waals surface area contributed by atoms with Crippen molar-refractivity contribution in [2.45, 2.75) is 0 Å². The van der Waals surface area contributed by atoms with Crippen LogP contribution in [-0.2, 0) is 19.5 Å². The standard InChI is InChI=1S/2C16H8N3O.Zn/c2*1-2-12-16(17-7-1)14-11(20-12)6-4-9-3-5-10-15(13(9)14)19-8-18-10;/h2*1-8H;/q2*-1;+2. The van der Waals surface area contributed by atoms with E-state index in [0.717, 1.165) is 87.7 Å². The Morgan fingerprint density at radius 2 is 0.927 bits per heavy atom. The predicted molar refractivity (Wildman–Crippen MR) is 155 cm³/mol. The molecule has 41 heavy (non-hydrogen) atoms. The number of furan rings is 2. The fourth-order valence-corrected chi connectivity index (χ4v) is 5.70. The molecule has 0 radical (unpaired) electrons. The number of pyridine rings is 2. The molecule has 0 aliphatic heterocycles. The molecule has 6 aromatic heterocycles. The number of fused-ring (bicyclic) bond motifs is 14. The summed E-state index contributed by atoms with van der Waals surface area (Å²) in [5.41, 5.74) is 8.63. The summed E-state index contributed by atoms with van der Waals surface area (Å²) >= 11 is 0. The first-order valence-electron chi connectivity index (χ1n) is 12.8. The van der Waals surface area contributed by atoms with Gasteiger partial charge in [0.1, 0.15) is 22.2 Å². The van der Waals surface area contributed by atoms with Gasteiger partial charge in [-0.1, -0.05) is 49.1 Å². The topological polar surface area (TPSA) is 106 Å². The number of imidazole rings is 2. The average Bonchev–Trinajstić information content (AvgIpc) is 3.80. The monoisotopic (exact) mass is 580 g/mol. The van der Waals surface area contributed by atoms with Crippen LogP contribution in [0.5, 0.6) is 0 Å². The van der Waals surface area contributed by atoms with E-state index >= 15 is 0 Å². The maximum atomic E-state index is 5.88. The predicted octanol–water partition coefficient (Wildman–Crippen LogP) is 7.28. The summed E-state index contributed by atoms with van der Waals surface area (Å²) in [6, 6.07) is 23.8. The van der Waals surface area contributed by atoms with E-state index in [1.54, 1.807) is 25.0 Å². The van der Waals surface area contributed by atoms with Gasteiger partial charge in [0.25, 0.3) is 0 Å². The quantitative estimate of drug-likeness (QED) is 0.172. The van der Waals surface area contributed by atoms with Crippen molar-refractivity contribution in [3.63, 3.8) is 0 Å². The summed E-state index contributed by atoms with van der Waals surface area (Å²) in [6.45, 7) is 0. The van der Waals surface area contributed by atoms with Gasteiger partial charge in [-0.3, -0.25) is 9.97 Å². The van der Waals surface area contributed by atoms with Crippen LogP contribution in [0.2, 0.25) is 0 Å². The van der Waals surface area contributed by atoms with E-state index in [4.69, 9.17) is 8.83 Å². The van der Waals surface area contributed by atoms with E-state index in [1.807, 2.05) is 60.7 Å². The second-order valence-electron chi connectivity index (χ2n) is 9.59. The van der Waals surface area contributed by atoms with E-state index < -0.39 is 0 Å². The van der Waals surface area contributed by atoms with Gasteiger partial charge in [-0.2, -0.15) is 0 Å². The average molecular weight is 582 g/mol. The van der Waals surface area contributed by atoms with Gasteiger partial charge in [-0.25, -0.2) is 0 Å². The summed E-state index contributed by atoms with van der Waals surface area (Å²) in [6.07, 6.45) is 6.76. The summed E-state index contributed by atoms with van der Waals surface area (Å²) in [7, 11) is 0. The Hall–Kier alpha value is -5.14. The molecule has 0 N–H and O–H groups in total. The summed E-state index contributed by atoms with van der Waals surface area (Å²) in [5, 5.41) is 6.41. The zero-order chi connectivity index (χ0) is 26.2. The molecule has 6 heterocycles. The molecule has 0 spiro atoms. The van der Waals surface area contributed by atoms with Crippen molar-refractivity contribution in [1.29, 1.82) is 0 Å². The van der Waals surface area contributed by atoms with Crippen LogP contribution in [0.4, 0.5) is 0 Å². The van der Waals surface area contributed by atoms with Crippen LogP contribution in [0.15, 0.2) is 107 Å². The van der Waals surface area contributed by atoms with Gasteiger partial charge in [0.2, 0.25) is 0 Å². The molecule has 4 aromatic carbocycles. The van der Waals surface area contributed by atoms with Crippen molar-refractivity contribution in [1.82, 2.24) is 29.9 Å². The van der Waals surface area contributed by atoms with Gasteiger partial charge in [0, 0.05) is 12.4 Å². The van der Waals surface area contributed by atoms with E-state index in [2.05, 4.69) is 42.0 Å². The minimum Gasteiger partial charge on any atom is -0.454 e. The number of rotatable bonds is 0. The molecule has 10 aromatic rings. The smallest absolute Gasteiger partial charge is 0.454 e. The fraction of sp³-hybridized carbons (Fsp3) is 0. The Bertz CT molecular complexity index is 2400. The van der Waals surface area contributed by atoms with Crippen molar-refractivity contribution in [2.75, 3.05) is 0 Å². The third-order valence-corrected chi connectivity index (χ3v) is 7.42. The molecule has 0 aliphatic carbocycles. The van der Waals surface area contributed by atoms with E-state index in [0.29, 0.717) is 0 Å². The number of benzene rings is 4. The maximum Gasteiger partial charge on any atom is 2.00 e. The molecule has 10 rings (SSSR count). The normalized spacial score (nSPS) is 11.7. The van der Waals surface area contributed by atoms with Crippen LogP contribution in [0.25, 0.3) is 87.7 Å². The molecule has 0 amide bonds. The van der Waals surface area contributed by atoms with E-state index in [-0.39, 0.29) is 19.5 Å². The molecule has 0 saturated heterocycles. The Balaban J connectivity index is 0.000000122. The van der Waals surface area contributed by atoms with Crippen molar-refractivity contribution >= 4 is 87.7 Å². The molecule has 0 bridgehead atoms. The minimum atomic E-state index is 0. The van der Waals surface area contributed by atoms with Crippen molar-refractivity contribution in [2.24, 2.45) is 0 Å². The van der Waals surface area contributed by atoms with Crippen LogP contribution in [0.1, 0.15) is 0 Å². The molecule has 0 unspecified atom stereocenters. The Labute approximate surface area is 243 Å². The first-order valence-corrected chi connectivity index (χ1v) is 12.8. The van der Waals surface area contributed by atoms with Gasteiger partial charge in [0.15, 0.2) is 11.2 Å². The van der Waals surface area contributed by atoms with E-state index in [9.17, 15) is 0 Å². The van der Waals surface area contributed by atoms with Crippen molar-refractivity contribution in [3.8, 4) is 0 Å². The maximum absolute atomic E-state index is 5.88. The SMILES string of the molecule is [Zn+2].c1cnc2c(c1)oc1ccc3ccc4nc[n-]c4c3c12.c1cnc2c(c1)oc1ccc3ccc4nc[n-]c4c3c12. The number of nitrogens with zero attached hydrogens (tertiary/aromatic N) is 6. The Kier molecular flexibility index (Phi) is 5.17. The summed E-state index contributed by atoms with van der Waals surface area (Å²) in [4.78, 5) is 26.3. The Morgan fingerprint density at radius 1 is 0.463 bits per heavy atom. The second-order valence-corrected chi connectivity index (χ2v) is 9.59. The van der Waals surface area contributed by atoms with E-state index in [1.165, 1.54) is 0 Å². The molecular formula is C32H16N6O2Zn. The molecule has 0 saturated carbocycles. The molecule has 0 fully saturated rings. The first kappa shape index (κ1) is 23.7. The third kappa shape index (κ3) is 3.42. The number of hydrogen-bond acceptors (Lipinski definition) is 6. The molecule has 8 nitrogen and oxygen atoms in total. The molecule has 0 atom stereocenters. The van der Waals surface area contributed by atoms with Crippen molar-refractivity contribution < 1.29 is 28.3 Å². The third-order valence-electron chi connectivity index (χ3n) is 7.42. The zero-order valence-corrected chi connectivity index (χ0v) is 24.4. The van der Waals surface area contributed by atoms with Crippen LogP contribution in [-0.4, -0.2) is 19.9 Å². The minimum absolute atomic E-state index is 0. The molecule has 0 aliphatic rings. The molecule has 188 valence electrons. The molecule has 9 heteroatoms. The number of aromatic nitrogens is 6. The second kappa shape index (κ2) is 8.94. The summed E-state index contributed by atoms with van der Waals surface area (Å²) < 4.78 is 11.8. The van der Waals surface area contributed by atoms with Gasteiger partial charge < -0.3 is 28.8 Å². The first-order chi connectivity index (χ1) is 19.8. The fourth-order valence-electron chi connectivity index (χ4n) is 5.70. The molecular weight excluding hydrogens is 566 g/mol. The van der Waals surface area contributed by atoms with Crippen molar-refractivity contribution in [3.05, 3.63) is 97.8 Å². The number of hydrogen-bond donors (Lipinski definition) is 0. The largest absolute Gasteiger partial charge is 2.00 e. The van der Waals surface area contributed by atoms with Gasteiger partial charge in [0.05, 0.1) is 10.8 Å². The van der Waals surface area contributed by atoms with Crippen LogP contribution >= 0.6 is 0 Å². The van der Waals surface area contributed by atoms with Crippen LogP contribution in [0.3, 0.4) is 0 Å². The van der Waals surface area contributed by atoms with Crippen LogP contribution < -0.4 is 9.97 Å². The van der Waals surface area contributed by atoms with Gasteiger partial charge >= 0.3 is 19.5 Å². The van der Waals surface area contributed by atoms with Gasteiger partial charge in [-0.05, 0) is 80.0 Å². The van der Waals surface area contributed by atoms with Crippen LogP contribution in [0, 0.1) is 0 Å². The zero-order valence-electron chi connectivity index (χ0n) is 21.4.